The van der Waals surface area contributed by atoms with Gasteiger partial charge in [0.05, 0.1) is 0 Å². The number of halogens is 1. The first kappa shape index (κ1) is 13.1. The molecule has 0 aliphatic heterocycles. The summed E-state index contributed by atoms with van der Waals surface area (Å²) in [5.41, 5.74) is 5.60. The molecule has 1 saturated carbocycles. The molecule has 1 aromatic rings. The smallest absolute Gasteiger partial charge is 0.287 e. The Balaban J connectivity index is 0.00000128. The molecule has 0 spiro atoms. The maximum Gasteiger partial charge on any atom is 0.287 e. The lowest BCUT2D eigenvalue weighted by atomic mass is 10.2. The first-order chi connectivity index (χ1) is 7.20. The Morgan fingerprint density at radius 1 is 1.62 bits per heavy atom. The van der Waals surface area contributed by atoms with Crippen molar-refractivity contribution in [3.8, 4) is 0 Å². The van der Waals surface area contributed by atoms with Crippen molar-refractivity contribution in [1.29, 1.82) is 0 Å². The van der Waals surface area contributed by atoms with Crippen LogP contribution in [0.15, 0.2) is 16.5 Å². The Hall–Kier alpha value is -1.00. The molecular formula is C11H17ClN2O2. The molecule has 0 bridgehead atoms. The molecule has 1 atom stereocenters. The molecule has 1 aromatic heterocycles. The summed E-state index contributed by atoms with van der Waals surface area (Å²) < 4.78 is 5.24. The van der Waals surface area contributed by atoms with Gasteiger partial charge in [0.25, 0.3) is 5.91 Å². The van der Waals surface area contributed by atoms with Crippen LogP contribution in [0.3, 0.4) is 0 Å². The van der Waals surface area contributed by atoms with E-state index in [4.69, 9.17) is 10.2 Å². The highest BCUT2D eigenvalue weighted by atomic mass is 35.5. The van der Waals surface area contributed by atoms with Crippen LogP contribution in [0.4, 0.5) is 0 Å². The third-order valence-electron chi connectivity index (χ3n) is 2.73. The lowest BCUT2D eigenvalue weighted by Gasteiger charge is -2.14. The first-order valence-electron chi connectivity index (χ1n) is 5.28. The quantitative estimate of drug-likeness (QED) is 0.843. The summed E-state index contributed by atoms with van der Waals surface area (Å²) in [5, 5.41) is 2.90. The number of hydrogen-bond donors (Lipinski definition) is 2. The topological polar surface area (TPSA) is 68.3 Å². The number of amides is 1. The van der Waals surface area contributed by atoms with Crippen LogP contribution in [0, 0.1) is 12.8 Å². The number of nitrogens with two attached hydrogens (primary N) is 1. The minimum atomic E-state index is -0.162. The van der Waals surface area contributed by atoms with E-state index in [1.54, 1.807) is 12.1 Å². The van der Waals surface area contributed by atoms with Crippen LogP contribution in [0.2, 0.25) is 0 Å². The van der Waals surface area contributed by atoms with Crippen LogP contribution in [-0.2, 0) is 0 Å². The molecule has 2 rings (SSSR count). The summed E-state index contributed by atoms with van der Waals surface area (Å²) >= 11 is 0. The highest BCUT2D eigenvalue weighted by Crippen LogP contribution is 2.32. The monoisotopic (exact) mass is 244 g/mol. The molecule has 0 radical (unpaired) electrons. The molecular weight excluding hydrogens is 228 g/mol. The molecule has 1 aliphatic carbocycles. The van der Waals surface area contributed by atoms with Crippen molar-refractivity contribution >= 4 is 18.3 Å². The standard InChI is InChI=1S/C11H16N2O2.ClH/c1-7-2-5-10(15-7)11(14)13-9(6-12)8-3-4-8;/h2,5,8-9H,3-4,6,12H2,1H3,(H,13,14);1H. The van der Waals surface area contributed by atoms with Gasteiger partial charge < -0.3 is 15.5 Å². The lowest BCUT2D eigenvalue weighted by Crippen LogP contribution is -2.41. The van der Waals surface area contributed by atoms with Gasteiger partial charge in [-0.05, 0) is 37.8 Å². The normalized spacial score (nSPS) is 16.4. The van der Waals surface area contributed by atoms with E-state index >= 15 is 0 Å². The van der Waals surface area contributed by atoms with Gasteiger partial charge in [-0.15, -0.1) is 12.4 Å². The minimum Gasteiger partial charge on any atom is -0.456 e. The van der Waals surface area contributed by atoms with E-state index < -0.39 is 0 Å². The van der Waals surface area contributed by atoms with E-state index in [-0.39, 0.29) is 24.4 Å². The maximum absolute atomic E-state index is 11.7. The van der Waals surface area contributed by atoms with Crippen LogP contribution in [-0.4, -0.2) is 18.5 Å². The van der Waals surface area contributed by atoms with Crippen LogP contribution in [0.25, 0.3) is 0 Å². The SMILES string of the molecule is Cc1ccc(C(=O)NC(CN)C2CC2)o1.Cl. The van der Waals surface area contributed by atoms with Gasteiger partial charge in [0.2, 0.25) is 0 Å². The number of hydrogen-bond acceptors (Lipinski definition) is 3. The number of rotatable bonds is 4. The molecule has 1 unspecified atom stereocenters. The fourth-order valence-electron chi connectivity index (χ4n) is 1.66. The fraction of sp³-hybridized carbons (Fsp3) is 0.545. The zero-order valence-electron chi connectivity index (χ0n) is 9.23. The van der Waals surface area contributed by atoms with Gasteiger partial charge in [-0.25, -0.2) is 0 Å². The average molecular weight is 245 g/mol. The van der Waals surface area contributed by atoms with Crippen molar-refractivity contribution in [1.82, 2.24) is 5.32 Å². The van der Waals surface area contributed by atoms with E-state index in [0.717, 1.165) is 5.76 Å². The molecule has 3 N–H and O–H groups in total. The molecule has 1 aliphatic rings. The van der Waals surface area contributed by atoms with Crippen LogP contribution in [0.5, 0.6) is 0 Å². The van der Waals surface area contributed by atoms with Crippen molar-refractivity contribution in [3.63, 3.8) is 0 Å². The molecule has 1 amide bonds. The molecule has 4 nitrogen and oxygen atoms in total. The molecule has 1 fully saturated rings. The first-order valence-corrected chi connectivity index (χ1v) is 5.28. The summed E-state index contributed by atoms with van der Waals surface area (Å²) in [6.07, 6.45) is 2.33. The van der Waals surface area contributed by atoms with Crippen LogP contribution in [0.1, 0.15) is 29.2 Å². The van der Waals surface area contributed by atoms with Gasteiger partial charge in [-0.1, -0.05) is 0 Å². The van der Waals surface area contributed by atoms with Crippen molar-refractivity contribution < 1.29 is 9.21 Å². The Morgan fingerprint density at radius 3 is 2.75 bits per heavy atom. The lowest BCUT2D eigenvalue weighted by molar-refractivity contribution is 0.0904. The molecule has 5 heteroatoms. The number of carbonyl (C=O) groups excluding carboxylic acids is 1. The summed E-state index contributed by atoms with van der Waals surface area (Å²) in [5.74, 6) is 1.52. The second-order valence-electron chi connectivity index (χ2n) is 4.06. The Labute approximate surface area is 101 Å². The van der Waals surface area contributed by atoms with Crippen molar-refractivity contribution in [2.24, 2.45) is 11.7 Å². The summed E-state index contributed by atoms with van der Waals surface area (Å²) in [4.78, 5) is 11.7. The van der Waals surface area contributed by atoms with Crippen LogP contribution < -0.4 is 11.1 Å². The van der Waals surface area contributed by atoms with E-state index in [9.17, 15) is 4.79 Å². The van der Waals surface area contributed by atoms with Crippen LogP contribution >= 0.6 is 12.4 Å². The Morgan fingerprint density at radius 2 is 2.31 bits per heavy atom. The number of aryl methyl sites for hydroxylation is 1. The number of furan rings is 1. The highest BCUT2D eigenvalue weighted by molar-refractivity contribution is 5.91. The number of nitrogens with one attached hydrogen (secondary N) is 1. The molecule has 1 heterocycles. The Bertz CT molecular complexity index is 361. The Kier molecular flexibility index (Phi) is 4.38. The predicted molar refractivity (Wildman–Crippen MR) is 63.7 cm³/mol. The largest absolute Gasteiger partial charge is 0.456 e. The molecule has 16 heavy (non-hydrogen) atoms. The molecule has 0 saturated heterocycles. The third kappa shape index (κ3) is 3.00. The fourth-order valence-corrected chi connectivity index (χ4v) is 1.66. The summed E-state index contributed by atoms with van der Waals surface area (Å²) in [6, 6.07) is 3.57. The average Bonchev–Trinajstić information content (AvgIpc) is 2.97. The molecule has 90 valence electrons. The number of carbonyl (C=O) groups is 1. The van der Waals surface area contributed by atoms with Crippen molar-refractivity contribution in [3.05, 3.63) is 23.7 Å². The molecule has 0 aromatic carbocycles. The van der Waals surface area contributed by atoms with E-state index in [2.05, 4.69) is 5.32 Å². The zero-order chi connectivity index (χ0) is 10.8. The van der Waals surface area contributed by atoms with E-state index in [1.165, 1.54) is 12.8 Å². The van der Waals surface area contributed by atoms with Gasteiger partial charge in [0.1, 0.15) is 5.76 Å². The zero-order valence-corrected chi connectivity index (χ0v) is 10.0. The summed E-state index contributed by atoms with van der Waals surface area (Å²) in [7, 11) is 0. The van der Waals surface area contributed by atoms with E-state index in [0.29, 0.717) is 18.2 Å². The van der Waals surface area contributed by atoms with Crippen molar-refractivity contribution in [2.75, 3.05) is 6.54 Å². The maximum atomic E-state index is 11.7. The van der Waals surface area contributed by atoms with E-state index in [1.807, 2.05) is 6.92 Å². The highest BCUT2D eigenvalue weighted by Gasteiger charge is 2.31. The second kappa shape index (κ2) is 5.37. The third-order valence-corrected chi connectivity index (χ3v) is 2.73. The van der Waals surface area contributed by atoms with Gasteiger partial charge in [0.15, 0.2) is 5.76 Å². The second-order valence-corrected chi connectivity index (χ2v) is 4.06. The predicted octanol–water partition coefficient (Wildman–Crippen LogP) is 1.48. The van der Waals surface area contributed by atoms with Gasteiger partial charge in [-0.3, -0.25) is 4.79 Å². The van der Waals surface area contributed by atoms with Crippen molar-refractivity contribution in [2.45, 2.75) is 25.8 Å². The van der Waals surface area contributed by atoms with Gasteiger partial charge in [0, 0.05) is 12.6 Å². The van der Waals surface area contributed by atoms with Gasteiger partial charge in [-0.2, -0.15) is 0 Å². The van der Waals surface area contributed by atoms with Gasteiger partial charge >= 0.3 is 0 Å². The summed E-state index contributed by atoms with van der Waals surface area (Å²) in [6.45, 7) is 2.31. The minimum absolute atomic E-state index is 0.